The Morgan fingerprint density at radius 2 is 1.81 bits per heavy atom. The Balaban J connectivity index is 1.56. The van der Waals surface area contributed by atoms with Crippen molar-refractivity contribution in [2.24, 2.45) is 0 Å². The molecule has 0 aliphatic carbocycles. The summed E-state index contributed by atoms with van der Waals surface area (Å²) in [6.45, 7) is 1.73. The van der Waals surface area contributed by atoms with Crippen molar-refractivity contribution in [2.45, 2.75) is 19.4 Å². The highest BCUT2D eigenvalue weighted by Crippen LogP contribution is 2.18. The third-order valence-electron chi connectivity index (χ3n) is 5.03. The fourth-order valence-electron chi connectivity index (χ4n) is 3.34. The van der Waals surface area contributed by atoms with Gasteiger partial charge >= 0.3 is 5.97 Å². The van der Waals surface area contributed by atoms with Gasteiger partial charge in [0.2, 0.25) is 0 Å². The fraction of sp³-hybridized carbons (Fsp3) is 0.130. The average molecular weight is 416 g/mol. The molecule has 156 valence electrons. The molecule has 8 heteroatoms. The van der Waals surface area contributed by atoms with E-state index in [1.54, 1.807) is 23.7 Å². The summed E-state index contributed by atoms with van der Waals surface area (Å²) in [5, 5.41) is 26.7. The van der Waals surface area contributed by atoms with Crippen LogP contribution in [0, 0.1) is 6.92 Å². The number of phenols is 1. The molecular formula is C23H20N4O4. The summed E-state index contributed by atoms with van der Waals surface area (Å²) in [7, 11) is 0. The molecule has 0 saturated carbocycles. The molecule has 2 aromatic carbocycles. The highest BCUT2D eigenvalue weighted by Gasteiger charge is 2.24. The van der Waals surface area contributed by atoms with Gasteiger partial charge in [-0.3, -0.25) is 4.79 Å². The zero-order valence-corrected chi connectivity index (χ0v) is 16.7. The van der Waals surface area contributed by atoms with Crippen LogP contribution in [0.25, 0.3) is 16.7 Å². The van der Waals surface area contributed by atoms with Crippen LogP contribution in [0.15, 0.2) is 66.9 Å². The molecule has 3 N–H and O–H groups in total. The Bertz CT molecular complexity index is 1260. The Hall–Kier alpha value is -4.20. The number of carboxylic acid groups (broad SMARTS) is 1. The zero-order valence-electron chi connectivity index (χ0n) is 16.7. The molecular weight excluding hydrogens is 396 g/mol. The predicted octanol–water partition coefficient (Wildman–Crippen LogP) is 2.86. The van der Waals surface area contributed by atoms with Crippen molar-refractivity contribution in [1.82, 2.24) is 20.1 Å². The molecule has 0 aliphatic rings. The van der Waals surface area contributed by atoms with Gasteiger partial charge in [-0.05, 0) is 42.8 Å². The second-order valence-electron chi connectivity index (χ2n) is 7.15. The number of pyridine rings is 1. The van der Waals surface area contributed by atoms with Crippen LogP contribution in [-0.2, 0) is 11.2 Å². The van der Waals surface area contributed by atoms with Crippen LogP contribution in [0.3, 0.4) is 0 Å². The number of aliphatic carboxylic acids is 1. The van der Waals surface area contributed by atoms with Crippen molar-refractivity contribution in [2.75, 3.05) is 0 Å². The van der Waals surface area contributed by atoms with E-state index in [2.05, 4.69) is 15.4 Å². The Morgan fingerprint density at radius 1 is 1.06 bits per heavy atom. The van der Waals surface area contributed by atoms with Crippen LogP contribution >= 0.6 is 0 Å². The number of amides is 1. The molecule has 1 unspecified atom stereocenters. The van der Waals surface area contributed by atoms with E-state index in [0.717, 1.165) is 10.9 Å². The molecule has 31 heavy (non-hydrogen) atoms. The summed E-state index contributed by atoms with van der Waals surface area (Å²) in [4.78, 5) is 29.1. The number of carbonyl (C=O) groups is 2. The van der Waals surface area contributed by atoms with E-state index in [1.807, 2.05) is 36.4 Å². The van der Waals surface area contributed by atoms with Crippen molar-refractivity contribution in [3.63, 3.8) is 0 Å². The van der Waals surface area contributed by atoms with Gasteiger partial charge in [-0.25, -0.2) is 14.5 Å². The summed E-state index contributed by atoms with van der Waals surface area (Å²) in [5.74, 6) is -1.03. The van der Waals surface area contributed by atoms with Crippen molar-refractivity contribution >= 4 is 22.8 Å². The molecule has 0 radical (unpaired) electrons. The van der Waals surface area contributed by atoms with Crippen molar-refractivity contribution in [1.29, 1.82) is 0 Å². The number of nitrogens with zero attached hydrogens (tertiary/aromatic N) is 3. The number of aromatic nitrogens is 3. The molecule has 8 nitrogen and oxygen atoms in total. The number of carbonyl (C=O) groups excluding carboxylic acids is 1. The van der Waals surface area contributed by atoms with E-state index in [-0.39, 0.29) is 17.7 Å². The number of hydrogen-bond acceptors (Lipinski definition) is 5. The minimum atomic E-state index is -1.15. The topological polar surface area (TPSA) is 117 Å². The number of fused-ring (bicyclic) bond motifs is 1. The van der Waals surface area contributed by atoms with Crippen LogP contribution in [-0.4, -0.2) is 42.9 Å². The third kappa shape index (κ3) is 4.23. The van der Waals surface area contributed by atoms with Gasteiger partial charge in [-0.2, -0.15) is 5.10 Å². The van der Waals surface area contributed by atoms with Gasteiger partial charge in [0, 0.05) is 11.8 Å². The van der Waals surface area contributed by atoms with Crippen LogP contribution in [0.1, 0.15) is 21.6 Å². The quantitative estimate of drug-likeness (QED) is 0.445. The number of benzene rings is 2. The highest BCUT2D eigenvalue weighted by atomic mass is 16.4. The highest BCUT2D eigenvalue weighted by molar-refractivity contribution is 5.97. The molecule has 2 aromatic heterocycles. The summed E-state index contributed by atoms with van der Waals surface area (Å²) in [5.41, 5.74) is 2.31. The van der Waals surface area contributed by atoms with E-state index >= 15 is 0 Å². The van der Waals surface area contributed by atoms with Gasteiger partial charge in [-0.15, -0.1) is 0 Å². The van der Waals surface area contributed by atoms with E-state index in [4.69, 9.17) is 0 Å². The maximum atomic E-state index is 12.8. The lowest BCUT2D eigenvalue weighted by atomic mass is 10.1. The largest absolute Gasteiger partial charge is 0.508 e. The molecule has 0 spiro atoms. The fourth-order valence-corrected chi connectivity index (χ4v) is 3.34. The Morgan fingerprint density at radius 3 is 2.55 bits per heavy atom. The second kappa shape index (κ2) is 8.27. The van der Waals surface area contributed by atoms with Crippen molar-refractivity contribution in [3.8, 4) is 11.6 Å². The first-order chi connectivity index (χ1) is 14.9. The number of para-hydroxylation sites is 1. The van der Waals surface area contributed by atoms with Gasteiger partial charge in [0.05, 0.1) is 23.0 Å². The number of rotatable bonds is 6. The number of phenolic OH excluding ortho intramolecular Hbond substituents is 1. The van der Waals surface area contributed by atoms with Gasteiger partial charge in [0.1, 0.15) is 11.8 Å². The number of hydrogen-bond donors (Lipinski definition) is 3. The zero-order chi connectivity index (χ0) is 22.0. The van der Waals surface area contributed by atoms with Crippen LogP contribution in [0.5, 0.6) is 5.75 Å². The van der Waals surface area contributed by atoms with Crippen molar-refractivity contribution in [3.05, 3.63) is 83.7 Å². The molecule has 2 heterocycles. The summed E-state index contributed by atoms with van der Waals surface area (Å²) in [6, 6.07) is 16.5. The summed E-state index contributed by atoms with van der Waals surface area (Å²) < 4.78 is 1.55. The van der Waals surface area contributed by atoms with E-state index < -0.39 is 17.9 Å². The van der Waals surface area contributed by atoms with E-state index in [9.17, 15) is 19.8 Å². The Kier molecular flexibility index (Phi) is 5.36. The maximum absolute atomic E-state index is 12.8. The SMILES string of the molecule is Cc1c(C(=O)NC(Cc2ccc(O)cc2)C(=O)O)cnn1-c1ccc2ccccc2n1. The van der Waals surface area contributed by atoms with Gasteiger partial charge in [-0.1, -0.05) is 30.3 Å². The van der Waals surface area contributed by atoms with Gasteiger partial charge < -0.3 is 15.5 Å². The summed E-state index contributed by atoms with van der Waals surface area (Å²) in [6.07, 6.45) is 1.49. The van der Waals surface area contributed by atoms with E-state index in [1.165, 1.54) is 18.3 Å². The number of aromatic hydroxyl groups is 1. The molecule has 1 atom stereocenters. The minimum Gasteiger partial charge on any atom is -0.508 e. The number of carboxylic acids is 1. The lowest BCUT2D eigenvalue weighted by Gasteiger charge is -2.14. The molecule has 0 saturated heterocycles. The predicted molar refractivity (Wildman–Crippen MR) is 114 cm³/mol. The molecule has 0 fully saturated rings. The Labute approximate surface area is 177 Å². The van der Waals surface area contributed by atoms with Crippen LogP contribution in [0.4, 0.5) is 0 Å². The van der Waals surface area contributed by atoms with Crippen molar-refractivity contribution < 1.29 is 19.8 Å². The minimum absolute atomic E-state index is 0.0841. The number of nitrogens with one attached hydrogen (secondary N) is 1. The molecule has 1 amide bonds. The van der Waals surface area contributed by atoms with E-state index in [0.29, 0.717) is 17.1 Å². The normalized spacial score (nSPS) is 11.9. The first-order valence-electron chi connectivity index (χ1n) is 9.65. The molecule has 4 rings (SSSR count). The maximum Gasteiger partial charge on any atom is 0.326 e. The second-order valence-corrected chi connectivity index (χ2v) is 7.15. The monoisotopic (exact) mass is 416 g/mol. The summed E-state index contributed by atoms with van der Waals surface area (Å²) >= 11 is 0. The average Bonchev–Trinajstić information content (AvgIpc) is 3.15. The first-order valence-corrected chi connectivity index (χ1v) is 9.65. The molecule has 0 aliphatic heterocycles. The molecule has 0 bridgehead atoms. The lowest BCUT2D eigenvalue weighted by Crippen LogP contribution is -2.42. The van der Waals surface area contributed by atoms with Gasteiger partial charge in [0.25, 0.3) is 5.91 Å². The third-order valence-corrected chi connectivity index (χ3v) is 5.03. The smallest absolute Gasteiger partial charge is 0.326 e. The van der Waals surface area contributed by atoms with Crippen LogP contribution < -0.4 is 5.32 Å². The van der Waals surface area contributed by atoms with Gasteiger partial charge in [0.15, 0.2) is 5.82 Å². The molecule has 4 aromatic rings. The standard InChI is InChI=1S/C23H20N4O4/c1-14-18(13-24-27(14)21-11-8-16-4-2-3-5-19(16)25-21)22(29)26-20(23(30)31)12-15-6-9-17(28)10-7-15/h2-11,13,20,28H,12H2,1H3,(H,26,29)(H,30,31). The van der Waals surface area contributed by atoms with Crippen LogP contribution in [0.2, 0.25) is 0 Å². The first kappa shape index (κ1) is 20.1. The lowest BCUT2D eigenvalue weighted by molar-refractivity contribution is -0.139.